The molecule has 0 radical (unpaired) electrons. The zero-order valence-corrected chi connectivity index (χ0v) is 15.4. The van der Waals surface area contributed by atoms with E-state index < -0.39 is 0 Å². The van der Waals surface area contributed by atoms with Crippen molar-refractivity contribution in [2.75, 3.05) is 0 Å². The van der Waals surface area contributed by atoms with Crippen LogP contribution in [0, 0.1) is 40.9 Å². The Morgan fingerprint density at radius 1 is 1.00 bits per heavy atom. The SMILES string of the molecule is C#CC.CC12CCC(=O)C=C1CCC1C2CC[C@]2(C)C(=O)CCC12. The largest absolute Gasteiger partial charge is 0.299 e. The molecule has 0 aromatic heterocycles. The lowest BCUT2D eigenvalue weighted by molar-refractivity contribution is -0.132. The van der Waals surface area contributed by atoms with Gasteiger partial charge in [0.15, 0.2) is 5.78 Å². The smallest absolute Gasteiger partial charge is 0.155 e. The zero-order chi connectivity index (χ0) is 17.5. The predicted octanol–water partition coefficient (Wildman–Crippen LogP) is 4.73. The molecule has 0 spiro atoms. The fraction of sp³-hybridized carbons (Fsp3) is 0.727. The Kier molecular flexibility index (Phi) is 4.49. The van der Waals surface area contributed by atoms with Crippen LogP contribution >= 0.6 is 0 Å². The van der Waals surface area contributed by atoms with E-state index in [1.807, 2.05) is 6.08 Å². The van der Waals surface area contributed by atoms with Crippen LogP contribution in [0.4, 0.5) is 0 Å². The maximum absolute atomic E-state index is 12.4. The van der Waals surface area contributed by atoms with Gasteiger partial charge in [0.05, 0.1) is 0 Å². The highest BCUT2D eigenvalue weighted by Gasteiger charge is 2.58. The van der Waals surface area contributed by atoms with Crippen molar-refractivity contribution in [3.05, 3.63) is 11.6 Å². The number of carbonyl (C=O) groups is 2. The third-order valence-corrected chi connectivity index (χ3v) is 7.67. The Hall–Kier alpha value is -1.36. The Morgan fingerprint density at radius 3 is 2.38 bits per heavy atom. The average molecular weight is 326 g/mol. The Morgan fingerprint density at radius 2 is 1.67 bits per heavy atom. The van der Waals surface area contributed by atoms with Crippen molar-refractivity contribution in [3.8, 4) is 12.3 Å². The van der Waals surface area contributed by atoms with Gasteiger partial charge in [-0.3, -0.25) is 9.59 Å². The van der Waals surface area contributed by atoms with E-state index in [4.69, 9.17) is 0 Å². The van der Waals surface area contributed by atoms with Crippen LogP contribution in [0.1, 0.15) is 72.1 Å². The molecule has 2 heteroatoms. The molecule has 24 heavy (non-hydrogen) atoms. The van der Waals surface area contributed by atoms with Crippen molar-refractivity contribution in [1.82, 2.24) is 0 Å². The summed E-state index contributed by atoms with van der Waals surface area (Å²) in [6.45, 7) is 6.29. The van der Waals surface area contributed by atoms with Crippen LogP contribution in [0.2, 0.25) is 0 Å². The summed E-state index contributed by atoms with van der Waals surface area (Å²) >= 11 is 0. The standard InChI is InChI=1S/C19H26O2.C3H4/c1-18-9-7-13(20)11-12(18)3-4-14-15-5-6-17(21)19(15,2)10-8-16(14)18;1-3-2/h11,14-16H,3-10H2,1-2H3;1H,2H3/t14?,15?,16?,18?,19-;/m0./s1. The van der Waals surface area contributed by atoms with E-state index in [-0.39, 0.29) is 10.8 Å². The molecule has 4 aliphatic carbocycles. The fourth-order valence-electron chi connectivity index (χ4n) is 6.33. The van der Waals surface area contributed by atoms with Crippen molar-refractivity contribution in [2.24, 2.45) is 28.6 Å². The lowest BCUT2D eigenvalue weighted by Crippen LogP contribution is -2.50. The van der Waals surface area contributed by atoms with Crippen molar-refractivity contribution in [2.45, 2.75) is 72.1 Å². The molecule has 0 saturated heterocycles. The number of terminal acetylenes is 1. The van der Waals surface area contributed by atoms with Crippen LogP contribution in [0.5, 0.6) is 0 Å². The van der Waals surface area contributed by atoms with Crippen LogP contribution in [0.25, 0.3) is 0 Å². The highest BCUT2D eigenvalue weighted by molar-refractivity contribution is 5.91. The minimum Gasteiger partial charge on any atom is -0.299 e. The van der Waals surface area contributed by atoms with Crippen molar-refractivity contribution >= 4 is 11.6 Å². The number of hydrogen-bond donors (Lipinski definition) is 0. The summed E-state index contributed by atoms with van der Waals surface area (Å²) < 4.78 is 0. The molecular formula is C22H30O2. The summed E-state index contributed by atoms with van der Waals surface area (Å²) in [5, 5.41) is 0. The molecule has 0 amide bonds. The number of hydrogen-bond acceptors (Lipinski definition) is 2. The highest BCUT2D eigenvalue weighted by atomic mass is 16.1. The fourth-order valence-corrected chi connectivity index (χ4v) is 6.33. The van der Waals surface area contributed by atoms with Crippen LogP contribution in [-0.4, -0.2) is 11.6 Å². The number of fused-ring (bicyclic) bond motifs is 5. The molecule has 3 fully saturated rings. The van der Waals surface area contributed by atoms with E-state index >= 15 is 0 Å². The molecule has 4 aliphatic rings. The second-order valence-corrected chi connectivity index (χ2v) is 8.68. The van der Waals surface area contributed by atoms with E-state index in [0.717, 1.165) is 38.5 Å². The molecular weight excluding hydrogens is 296 g/mol. The second kappa shape index (κ2) is 6.17. The van der Waals surface area contributed by atoms with Gasteiger partial charge in [0, 0.05) is 18.3 Å². The minimum absolute atomic E-state index is 0.0246. The zero-order valence-electron chi connectivity index (χ0n) is 15.4. The maximum atomic E-state index is 12.4. The van der Waals surface area contributed by atoms with Crippen molar-refractivity contribution in [3.63, 3.8) is 0 Å². The lowest BCUT2D eigenvalue weighted by atomic mass is 9.47. The number of rotatable bonds is 0. The molecule has 0 heterocycles. The van der Waals surface area contributed by atoms with Gasteiger partial charge in [-0.2, -0.15) is 0 Å². The molecule has 130 valence electrons. The van der Waals surface area contributed by atoms with Gasteiger partial charge < -0.3 is 0 Å². The van der Waals surface area contributed by atoms with Gasteiger partial charge in [-0.1, -0.05) is 19.4 Å². The number of ketones is 2. The topological polar surface area (TPSA) is 34.1 Å². The first kappa shape index (κ1) is 17.5. The van der Waals surface area contributed by atoms with E-state index in [2.05, 4.69) is 26.2 Å². The maximum Gasteiger partial charge on any atom is 0.155 e. The van der Waals surface area contributed by atoms with Gasteiger partial charge in [0.1, 0.15) is 5.78 Å². The van der Waals surface area contributed by atoms with Gasteiger partial charge in [0.2, 0.25) is 0 Å². The molecule has 5 atom stereocenters. The normalized spacial score (nSPS) is 43.4. The summed E-state index contributed by atoms with van der Waals surface area (Å²) in [5.41, 5.74) is 1.64. The number of carbonyl (C=O) groups excluding carboxylic acids is 2. The summed E-state index contributed by atoms with van der Waals surface area (Å²) in [6.07, 6.45) is 14.8. The lowest BCUT2D eigenvalue weighted by Gasteiger charge is -2.56. The molecule has 0 N–H and O–H groups in total. The van der Waals surface area contributed by atoms with Crippen molar-refractivity contribution < 1.29 is 9.59 Å². The van der Waals surface area contributed by atoms with Gasteiger partial charge in [-0.25, -0.2) is 0 Å². The van der Waals surface area contributed by atoms with Crippen LogP contribution < -0.4 is 0 Å². The number of allylic oxidation sites excluding steroid dienone is 1. The summed E-state index contributed by atoms with van der Waals surface area (Å²) in [5.74, 6) is 5.13. The van der Waals surface area contributed by atoms with Gasteiger partial charge in [0.25, 0.3) is 0 Å². The average Bonchev–Trinajstić information content (AvgIpc) is 2.84. The van der Waals surface area contributed by atoms with E-state index in [9.17, 15) is 9.59 Å². The second-order valence-electron chi connectivity index (χ2n) is 8.68. The summed E-state index contributed by atoms with van der Waals surface area (Å²) in [4.78, 5) is 24.1. The predicted molar refractivity (Wildman–Crippen MR) is 96.2 cm³/mol. The third kappa shape index (κ3) is 2.48. The molecule has 4 rings (SSSR count). The van der Waals surface area contributed by atoms with E-state index in [1.165, 1.54) is 18.4 Å². The Labute approximate surface area is 146 Å². The van der Waals surface area contributed by atoms with Crippen LogP contribution in [-0.2, 0) is 9.59 Å². The molecule has 0 aromatic rings. The van der Waals surface area contributed by atoms with Crippen molar-refractivity contribution in [1.29, 1.82) is 0 Å². The van der Waals surface area contributed by atoms with Gasteiger partial charge in [-0.15, -0.1) is 12.3 Å². The number of Topliss-reactive ketones (excluding diaryl/α,β-unsaturated/α-hetero) is 1. The molecule has 3 saturated carbocycles. The molecule has 0 aromatic carbocycles. The first-order valence-corrected chi connectivity index (χ1v) is 9.51. The first-order valence-electron chi connectivity index (χ1n) is 9.51. The molecule has 0 bridgehead atoms. The molecule has 0 aliphatic heterocycles. The summed E-state index contributed by atoms with van der Waals surface area (Å²) in [7, 11) is 0. The Balaban J connectivity index is 0.000000526. The third-order valence-electron chi connectivity index (χ3n) is 7.67. The van der Waals surface area contributed by atoms with E-state index in [1.54, 1.807) is 6.92 Å². The van der Waals surface area contributed by atoms with E-state index in [0.29, 0.717) is 29.3 Å². The summed E-state index contributed by atoms with van der Waals surface area (Å²) in [6, 6.07) is 0. The Bertz CT molecular complexity index is 622. The first-order chi connectivity index (χ1) is 11.4. The molecule has 4 unspecified atom stereocenters. The minimum atomic E-state index is -0.0246. The molecule has 2 nitrogen and oxygen atoms in total. The quantitative estimate of drug-likeness (QED) is 0.603. The monoisotopic (exact) mass is 326 g/mol. The van der Waals surface area contributed by atoms with Gasteiger partial charge in [-0.05, 0) is 74.7 Å². The highest BCUT2D eigenvalue weighted by Crippen LogP contribution is 2.64. The van der Waals surface area contributed by atoms with Gasteiger partial charge >= 0.3 is 0 Å². The van der Waals surface area contributed by atoms with Crippen LogP contribution in [0.15, 0.2) is 11.6 Å². The van der Waals surface area contributed by atoms with Crippen LogP contribution in [0.3, 0.4) is 0 Å².